The van der Waals surface area contributed by atoms with Crippen LogP contribution in [0.3, 0.4) is 0 Å². The maximum atomic E-state index is 13.8. The van der Waals surface area contributed by atoms with E-state index in [0.717, 1.165) is 6.07 Å². The fraction of sp³-hybridized carbons (Fsp3) is 0.192. The molecule has 7 nitrogen and oxygen atoms in total. The zero-order chi connectivity index (χ0) is 25.1. The summed E-state index contributed by atoms with van der Waals surface area (Å²) in [4.78, 5) is 31.7. The van der Waals surface area contributed by atoms with Crippen LogP contribution in [0.4, 0.5) is 10.1 Å². The fourth-order valence-electron chi connectivity index (χ4n) is 3.97. The van der Waals surface area contributed by atoms with E-state index in [4.69, 9.17) is 21.1 Å². The Bertz CT molecular complexity index is 1310. The van der Waals surface area contributed by atoms with Gasteiger partial charge in [0.25, 0.3) is 11.7 Å². The highest BCUT2D eigenvalue weighted by Gasteiger charge is 2.47. The molecule has 0 bridgehead atoms. The van der Waals surface area contributed by atoms with Gasteiger partial charge in [0.05, 0.1) is 35.4 Å². The number of pyridine rings is 1. The maximum Gasteiger partial charge on any atom is 0.300 e. The summed E-state index contributed by atoms with van der Waals surface area (Å²) in [6.45, 7) is 4.35. The summed E-state index contributed by atoms with van der Waals surface area (Å²) in [6.07, 6.45) is 3.02. The van der Waals surface area contributed by atoms with Crippen molar-refractivity contribution in [3.63, 3.8) is 0 Å². The lowest BCUT2D eigenvalue weighted by Crippen LogP contribution is -2.29. The summed E-state index contributed by atoms with van der Waals surface area (Å²) in [5.74, 6) is -2.04. The number of hydrogen-bond acceptors (Lipinski definition) is 6. The van der Waals surface area contributed by atoms with Crippen molar-refractivity contribution in [1.82, 2.24) is 4.98 Å². The van der Waals surface area contributed by atoms with Crippen LogP contribution in [-0.2, 0) is 9.59 Å². The average molecular weight is 497 g/mol. The number of aromatic nitrogens is 1. The number of hydrogen-bond donors (Lipinski definition) is 1. The minimum Gasteiger partial charge on any atom is -0.507 e. The molecule has 1 fully saturated rings. The molecule has 1 amide bonds. The standard InChI is InChI=1S/C26H22ClFN2O5/c1-3-34-17-6-7-18(21(14-17)35-4-2)24(31)22-23(15-9-11-29-12-10-15)30(26(33)25(22)32)16-5-8-20(28)19(27)13-16/h5-14,23,31H,3-4H2,1-2H3/b24-22-. The molecule has 1 atom stereocenters. The van der Waals surface area contributed by atoms with Gasteiger partial charge in [-0.3, -0.25) is 19.5 Å². The molecule has 2 heterocycles. The first-order chi connectivity index (χ1) is 16.9. The highest BCUT2D eigenvalue weighted by atomic mass is 35.5. The van der Waals surface area contributed by atoms with Crippen LogP contribution in [-0.4, -0.2) is 35.0 Å². The monoisotopic (exact) mass is 496 g/mol. The number of nitrogens with zero attached hydrogens (tertiary/aromatic N) is 2. The van der Waals surface area contributed by atoms with E-state index in [1.54, 1.807) is 37.3 Å². The largest absolute Gasteiger partial charge is 0.507 e. The zero-order valence-electron chi connectivity index (χ0n) is 19.0. The van der Waals surface area contributed by atoms with Gasteiger partial charge in [0.1, 0.15) is 23.1 Å². The van der Waals surface area contributed by atoms with Gasteiger partial charge >= 0.3 is 0 Å². The molecule has 35 heavy (non-hydrogen) atoms. The minimum atomic E-state index is -1.01. The Kier molecular flexibility index (Phi) is 7.02. The summed E-state index contributed by atoms with van der Waals surface area (Å²) in [5, 5.41) is 11.2. The summed E-state index contributed by atoms with van der Waals surface area (Å²) in [5.41, 5.74) is 0.803. The van der Waals surface area contributed by atoms with E-state index in [9.17, 15) is 19.1 Å². The number of Topliss-reactive ketones (excluding diaryl/α,β-unsaturated/α-hetero) is 1. The number of carbonyl (C=O) groups is 2. The van der Waals surface area contributed by atoms with Crippen LogP contribution in [0.15, 0.2) is 66.5 Å². The van der Waals surface area contributed by atoms with Crippen LogP contribution in [0.5, 0.6) is 11.5 Å². The number of anilines is 1. The molecular weight excluding hydrogens is 475 g/mol. The van der Waals surface area contributed by atoms with E-state index in [-0.39, 0.29) is 21.8 Å². The third-order valence-corrected chi connectivity index (χ3v) is 5.76. The summed E-state index contributed by atoms with van der Waals surface area (Å²) in [6, 6.07) is 10.8. The fourth-order valence-corrected chi connectivity index (χ4v) is 4.14. The lowest BCUT2D eigenvalue weighted by molar-refractivity contribution is -0.132. The van der Waals surface area contributed by atoms with Gasteiger partial charge in [-0.25, -0.2) is 4.39 Å². The number of ketones is 1. The van der Waals surface area contributed by atoms with E-state index in [0.29, 0.717) is 30.3 Å². The number of ether oxygens (including phenoxy) is 2. The van der Waals surface area contributed by atoms with Gasteiger partial charge in [0, 0.05) is 24.1 Å². The topological polar surface area (TPSA) is 89.0 Å². The first kappa shape index (κ1) is 24.2. The van der Waals surface area contributed by atoms with E-state index in [1.165, 1.54) is 29.4 Å². The third kappa shape index (κ3) is 4.57. The Morgan fingerprint density at radius 3 is 2.43 bits per heavy atom. The molecule has 1 N–H and O–H groups in total. The molecule has 0 saturated carbocycles. The van der Waals surface area contributed by atoms with Gasteiger partial charge in [-0.1, -0.05) is 11.6 Å². The van der Waals surface area contributed by atoms with E-state index >= 15 is 0 Å². The molecule has 9 heteroatoms. The van der Waals surface area contributed by atoms with Crippen LogP contribution in [0, 0.1) is 5.82 Å². The van der Waals surface area contributed by atoms with Crippen molar-refractivity contribution in [2.75, 3.05) is 18.1 Å². The molecule has 1 saturated heterocycles. The van der Waals surface area contributed by atoms with E-state index in [1.807, 2.05) is 6.92 Å². The Morgan fingerprint density at radius 2 is 1.77 bits per heavy atom. The number of aliphatic hydroxyl groups excluding tert-OH is 1. The Labute approximate surface area is 206 Å². The van der Waals surface area contributed by atoms with Crippen LogP contribution in [0.1, 0.15) is 31.0 Å². The van der Waals surface area contributed by atoms with Gasteiger partial charge in [0.15, 0.2) is 0 Å². The van der Waals surface area contributed by atoms with Gasteiger partial charge in [-0.15, -0.1) is 0 Å². The van der Waals surface area contributed by atoms with Crippen molar-refractivity contribution in [1.29, 1.82) is 0 Å². The summed E-state index contributed by atoms with van der Waals surface area (Å²) < 4.78 is 25.0. The first-order valence-corrected chi connectivity index (χ1v) is 11.3. The normalized spacial score (nSPS) is 17.0. The zero-order valence-corrected chi connectivity index (χ0v) is 19.8. The number of carbonyl (C=O) groups excluding carboxylic acids is 2. The second-order valence-corrected chi connectivity index (χ2v) is 7.98. The quantitative estimate of drug-likeness (QED) is 0.271. The number of amides is 1. The Morgan fingerprint density at radius 1 is 1.06 bits per heavy atom. The molecule has 1 aliphatic heterocycles. The average Bonchev–Trinajstić information content (AvgIpc) is 3.12. The highest BCUT2D eigenvalue weighted by Crippen LogP contribution is 2.44. The maximum absolute atomic E-state index is 13.8. The second kappa shape index (κ2) is 10.1. The lowest BCUT2D eigenvalue weighted by atomic mass is 9.95. The lowest BCUT2D eigenvalue weighted by Gasteiger charge is -2.25. The molecule has 1 unspecified atom stereocenters. The molecular formula is C26H22ClFN2O5. The molecule has 2 aromatic carbocycles. The smallest absolute Gasteiger partial charge is 0.300 e. The first-order valence-electron chi connectivity index (χ1n) is 10.9. The summed E-state index contributed by atoms with van der Waals surface area (Å²) in [7, 11) is 0. The number of halogens is 2. The molecule has 1 aromatic heterocycles. The second-order valence-electron chi connectivity index (χ2n) is 7.57. The third-order valence-electron chi connectivity index (χ3n) is 5.47. The predicted octanol–water partition coefficient (Wildman–Crippen LogP) is 5.30. The molecule has 4 rings (SSSR count). The van der Waals surface area contributed by atoms with E-state index < -0.39 is 29.3 Å². The van der Waals surface area contributed by atoms with E-state index in [2.05, 4.69) is 4.98 Å². The number of rotatable bonds is 7. The van der Waals surface area contributed by atoms with Crippen LogP contribution in [0.25, 0.3) is 5.76 Å². The number of aliphatic hydroxyl groups is 1. The van der Waals surface area contributed by atoms with Crippen molar-refractivity contribution in [3.05, 3.63) is 88.5 Å². The van der Waals surface area contributed by atoms with Crippen molar-refractivity contribution in [2.45, 2.75) is 19.9 Å². The molecule has 0 radical (unpaired) electrons. The minimum absolute atomic E-state index is 0.147. The number of benzene rings is 2. The van der Waals surface area contributed by atoms with Crippen molar-refractivity contribution < 1.29 is 28.6 Å². The van der Waals surface area contributed by atoms with Crippen molar-refractivity contribution in [3.8, 4) is 11.5 Å². The molecule has 0 aliphatic carbocycles. The van der Waals surface area contributed by atoms with Crippen LogP contribution < -0.4 is 14.4 Å². The predicted molar refractivity (Wildman–Crippen MR) is 129 cm³/mol. The van der Waals surface area contributed by atoms with Gasteiger partial charge in [-0.05, 0) is 61.9 Å². The Balaban J connectivity index is 1.93. The van der Waals surface area contributed by atoms with Crippen molar-refractivity contribution in [2.24, 2.45) is 0 Å². The molecule has 0 spiro atoms. The Hall–Kier alpha value is -3.91. The van der Waals surface area contributed by atoms with Gasteiger partial charge < -0.3 is 14.6 Å². The highest BCUT2D eigenvalue weighted by molar-refractivity contribution is 6.51. The molecule has 1 aliphatic rings. The summed E-state index contributed by atoms with van der Waals surface area (Å²) >= 11 is 5.96. The molecule has 180 valence electrons. The van der Waals surface area contributed by atoms with Crippen LogP contribution >= 0.6 is 11.6 Å². The van der Waals surface area contributed by atoms with Gasteiger partial charge in [0.2, 0.25) is 0 Å². The van der Waals surface area contributed by atoms with Crippen LogP contribution in [0.2, 0.25) is 5.02 Å². The van der Waals surface area contributed by atoms with Gasteiger partial charge in [-0.2, -0.15) is 0 Å². The molecule has 3 aromatic rings. The van der Waals surface area contributed by atoms with Crippen molar-refractivity contribution >= 4 is 34.7 Å². The SMILES string of the molecule is CCOc1ccc(/C(O)=C2/C(=O)C(=O)N(c3ccc(F)c(Cl)c3)C2c2ccncc2)c(OCC)c1.